The number of carbonyl (C=O) groups is 5. The van der Waals surface area contributed by atoms with Crippen molar-refractivity contribution in [2.24, 2.45) is 7.05 Å². The molecule has 494 valence electrons. The molecule has 23 nitrogen and oxygen atoms in total. The number of aryl methyl sites for hydroxylation is 2. The summed E-state index contributed by atoms with van der Waals surface area (Å²) in [4.78, 5) is 73.1. The Morgan fingerprint density at radius 3 is 2.18 bits per heavy atom. The number of hydrogen-bond donors (Lipinski definition) is 2. The quantitative estimate of drug-likeness (QED) is 0.0317. The van der Waals surface area contributed by atoms with Crippen LogP contribution in [0.3, 0.4) is 0 Å². The molecular formula is C68H86FN9O14. The van der Waals surface area contributed by atoms with Crippen molar-refractivity contribution in [3.63, 3.8) is 0 Å². The maximum Gasteiger partial charge on any atom is 0.329 e. The standard InChI is InChI=1S/C68H86FN9O14/c1-9-52(48-38-61(86-6)65(88-8)62(39-48)87-7)67(82)77-27-11-10-15-57(77)68(83)92-58(20-16-45-17-21-59(84-4)60(35-45)85-5)47-13-12-14-51(36-47)91-43-63(80)70-26-32-90-34-33-89-31-25-64(81)75-28-22-50(23-29-75)78-56-24-30-76(44(2)79)42-53(56)66(73-78)72-55-19-18-46(37-54(55)69)49-40-71-74(3)41-49/h12-14,17-19,21,35-41,50,52,57-58H,9-11,15-16,20,22-34,42-43H2,1-8H3,(H,70,80)(H,72,73)/t52-,57-,58+/m0/s1. The van der Waals surface area contributed by atoms with E-state index in [9.17, 15) is 24.0 Å². The molecule has 5 heterocycles. The van der Waals surface area contributed by atoms with Crippen LogP contribution in [0, 0.1) is 5.82 Å². The molecule has 0 spiro atoms. The molecule has 0 saturated carbocycles. The Hall–Kier alpha value is -8.90. The average molecular weight is 1270 g/mol. The number of aromatic nitrogens is 4. The van der Waals surface area contributed by atoms with Gasteiger partial charge in [-0.15, -0.1) is 0 Å². The Labute approximate surface area is 536 Å². The van der Waals surface area contributed by atoms with Crippen molar-refractivity contribution in [1.82, 2.24) is 39.6 Å². The van der Waals surface area contributed by atoms with Gasteiger partial charge < -0.3 is 68.0 Å². The second kappa shape index (κ2) is 32.4. The first-order valence-electron chi connectivity index (χ1n) is 31.5. The van der Waals surface area contributed by atoms with E-state index in [4.69, 9.17) is 47.7 Å². The fraction of sp³-hybridized carbons (Fsp3) is 0.485. The molecule has 2 fully saturated rings. The summed E-state index contributed by atoms with van der Waals surface area (Å²) in [5, 5.41) is 15.2. The highest BCUT2D eigenvalue weighted by atomic mass is 19.1. The number of carbonyl (C=O) groups excluding carboxylic acids is 5. The summed E-state index contributed by atoms with van der Waals surface area (Å²) < 4.78 is 70.9. The van der Waals surface area contributed by atoms with Crippen molar-refractivity contribution in [2.75, 3.05) is 107 Å². The lowest BCUT2D eigenvalue weighted by Crippen LogP contribution is -2.50. The zero-order valence-corrected chi connectivity index (χ0v) is 54.0. The number of esters is 1. The van der Waals surface area contributed by atoms with Crippen LogP contribution in [0.4, 0.5) is 15.9 Å². The number of methoxy groups -OCH3 is 5. The van der Waals surface area contributed by atoms with Gasteiger partial charge in [-0.3, -0.25) is 28.5 Å². The van der Waals surface area contributed by atoms with E-state index in [2.05, 4.69) is 15.7 Å². The molecule has 0 unspecified atom stereocenters. The Morgan fingerprint density at radius 2 is 1.50 bits per heavy atom. The van der Waals surface area contributed by atoms with Crippen LogP contribution in [0.15, 0.2) is 85.2 Å². The van der Waals surface area contributed by atoms with E-state index in [-0.39, 0.29) is 81.4 Å². The summed E-state index contributed by atoms with van der Waals surface area (Å²) >= 11 is 0. The second-order valence-corrected chi connectivity index (χ2v) is 23.0. The fourth-order valence-electron chi connectivity index (χ4n) is 12.2. The van der Waals surface area contributed by atoms with Crippen LogP contribution in [0.5, 0.6) is 34.5 Å². The molecule has 24 heteroatoms. The van der Waals surface area contributed by atoms with Gasteiger partial charge in [0.25, 0.3) is 5.91 Å². The highest BCUT2D eigenvalue weighted by Crippen LogP contribution is 2.42. The maximum atomic E-state index is 15.6. The van der Waals surface area contributed by atoms with Crippen molar-refractivity contribution in [1.29, 1.82) is 0 Å². The van der Waals surface area contributed by atoms with Crippen LogP contribution < -0.4 is 39.1 Å². The first-order chi connectivity index (χ1) is 44.6. The van der Waals surface area contributed by atoms with Crippen LogP contribution >= 0.6 is 0 Å². The van der Waals surface area contributed by atoms with Crippen LogP contribution in [0.25, 0.3) is 11.1 Å². The number of ether oxygens (including phenoxy) is 9. The third kappa shape index (κ3) is 16.8. The van der Waals surface area contributed by atoms with Gasteiger partial charge in [0.2, 0.25) is 23.5 Å². The molecule has 0 bridgehead atoms. The summed E-state index contributed by atoms with van der Waals surface area (Å²) in [7, 11) is 9.52. The van der Waals surface area contributed by atoms with Gasteiger partial charge in [-0.1, -0.05) is 31.2 Å². The number of nitrogens with one attached hydrogen (secondary N) is 2. The van der Waals surface area contributed by atoms with Gasteiger partial charge in [0.05, 0.1) is 98.8 Å². The van der Waals surface area contributed by atoms with Crippen LogP contribution in [-0.4, -0.2) is 171 Å². The third-order valence-electron chi connectivity index (χ3n) is 17.2. The molecule has 4 amide bonds. The number of hydrogen-bond acceptors (Lipinski definition) is 17. The normalized spacial score (nSPS) is 15.6. The smallest absolute Gasteiger partial charge is 0.329 e. The number of likely N-dealkylation sites (tertiary alicyclic amines) is 2. The first kappa shape index (κ1) is 67.5. The highest BCUT2D eigenvalue weighted by Gasteiger charge is 2.39. The molecule has 92 heavy (non-hydrogen) atoms. The molecule has 4 aromatic carbocycles. The van der Waals surface area contributed by atoms with Crippen molar-refractivity contribution < 1.29 is 71.0 Å². The van der Waals surface area contributed by atoms with Gasteiger partial charge in [-0.2, -0.15) is 10.2 Å². The third-order valence-corrected chi connectivity index (χ3v) is 17.2. The average Bonchev–Trinajstić information content (AvgIpc) is 1.76. The molecule has 0 radical (unpaired) electrons. The highest BCUT2D eigenvalue weighted by molar-refractivity contribution is 5.89. The maximum absolute atomic E-state index is 15.6. The number of piperidine rings is 2. The number of benzene rings is 4. The lowest BCUT2D eigenvalue weighted by molar-refractivity contribution is -0.162. The monoisotopic (exact) mass is 1270 g/mol. The van der Waals surface area contributed by atoms with Crippen molar-refractivity contribution in [3.05, 3.63) is 119 Å². The van der Waals surface area contributed by atoms with Crippen LogP contribution in [-0.2, 0) is 64.6 Å². The van der Waals surface area contributed by atoms with E-state index >= 15 is 4.39 Å². The van der Waals surface area contributed by atoms with Gasteiger partial charge in [0.15, 0.2) is 35.4 Å². The van der Waals surface area contributed by atoms with E-state index in [1.807, 2.05) is 60.1 Å². The van der Waals surface area contributed by atoms with Gasteiger partial charge in [-0.05, 0) is 122 Å². The first-order valence-corrected chi connectivity index (χ1v) is 31.5. The summed E-state index contributed by atoms with van der Waals surface area (Å²) in [6.07, 6.45) is 8.17. The van der Waals surface area contributed by atoms with Gasteiger partial charge >= 0.3 is 5.97 Å². The predicted molar refractivity (Wildman–Crippen MR) is 340 cm³/mol. The zero-order chi connectivity index (χ0) is 65.3. The Morgan fingerprint density at radius 1 is 0.750 bits per heavy atom. The molecule has 3 aliphatic rings. The van der Waals surface area contributed by atoms with Crippen molar-refractivity contribution in [2.45, 2.75) is 109 Å². The topological polar surface area (TPSA) is 238 Å². The van der Waals surface area contributed by atoms with E-state index < -0.39 is 29.9 Å². The summed E-state index contributed by atoms with van der Waals surface area (Å²) in [5.74, 6) is 1.16. The molecule has 3 aliphatic heterocycles. The number of rotatable bonds is 30. The number of halogens is 1. The van der Waals surface area contributed by atoms with Crippen LogP contribution in [0.2, 0.25) is 0 Å². The minimum Gasteiger partial charge on any atom is -0.493 e. The summed E-state index contributed by atoms with van der Waals surface area (Å²) in [6.45, 7) is 6.80. The molecule has 9 rings (SSSR count). The van der Waals surface area contributed by atoms with Crippen molar-refractivity contribution >= 4 is 41.1 Å². The summed E-state index contributed by atoms with van der Waals surface area (Å²) in [6, 6.07) is 20.5. The van der Waals surface area contributed by atoms with Crippen LogP contribution in [0.1, 0.15) is 111 Å². The zero-order valence-electron chi connectivity index (χ0n) is 54.0. The molecule has 3 atom stereocenters. The molecule has 2 N–H and O–H groups in total. The number of anilines is 2. The number of amides is 4. The Kier molecular flexibility index (Phi) is 23.8. The van der Waals surface area contributed by atoms with Gasteiger partial charge in [0.1, 0.15) is 23.7 Å². The van der Waals surface area contributed by atoms with E-state index in [0.717, 1.165) is 35.2 Å². The predicted octanol–water partition coefficient (Wildman–Crippen LogP) is 8.69. The van der Waals surface area contributed by atoms with E-state index in [1.54, 1.807) is 78.2 Å². The van der Waals surface area contributed by atoms with E-state index in [0.29, 0.717) is 135 Å². The SMILES string of the molecule is CC[C@H](C(=O)N1CCCC[C@H]1C(=O)O[C@H](CCc1ccc(OC)c(OC)c1)c1cccc(OCC(=O)NCCOCCOCCC(=O)N2CCC(n3nc(Nc4ccc(-c5cnn(C)c5)cc4F)c4c3CCN(C(C)=O)C4)CC2)c1)c1cc(OC)c(OC)c(OC)c1. The van der Waals surface area contributed by atoms with Gasteiger partial charge in [-0.25, -0.2) is 9.18 Å². The molecule has 0 aliphatic carbocycles. The number of nitrogens with zero attached hydrogens (tertiary/aromatic N) is 7. The Balaban J connectivity index is 0.715. The fourth-order valence-corrected chi connectivity index (χ4v) is 12.2. The van der Waals surface area contributed by atoms with E-state index in [1.165, 1.54) is 27.4 Å². The number of fused-ring (bicyclic) bond motifs is 1. The molecule has 6 aromatic rings. The lowest BCUT2D eigenvalue weighted by Gasteiger charge is -2.37. The summed E-state index contributed by atoms with van der Waals surface area (Å²) in [5.41, 5.74) is 5.91. The minimum absolute atomic E-state index is 0.00459. The Bertz CT molecular complexity index is 3490. The minimum atomic E-state index is -0.829. The lowest BCUT2D eigenvalue weighted by atomic mass is 9.91. The van der Waals surface area contributed by atoms with Gasteiger partial charge in [0, 0.05) is 76.1 Å². The molecular weight excluding hydrogens is 1190 g/mol. The molecule has 2 saturated heterocycles. The second-order valence-electron chi connectivity index (χ2n) is 23.0. The largest absolute Gasteiger partial charge is 0.493 e. The molecule has 2 aromatic heterocycles. The van der Waals surface area contributed by atoms with Crippen molar-refractivity contribution in [3.8, 4) is 45.6 Å².